The molecular weight excluding hydrogens is 122 g/mol. The van der Waals surface area contributed by atoms with Gasteiger partial charge in [-0.1, -0.05) is 0 Å². The standard InChI is InChI=1S/CO4.2Na/c2-1(3)4-5-1;;/q-2;2*+1. The first kappa shape index (κ1) is 11.6. The molecule has 0 unspecified atom stereocenters. The summed E-state index contributed by atoms with van der Waals surface area (Å²) in [5, 5.41) is 18.4. The molecule has 1 aliphatic rings. The van der Waals surface area contributed by atoms with E-state index in [0.29, 0.717) is 0 Å². The minimum absolute atomic E-state index is 0. The predicted molar refractivity (Wildman–Crippen MR) is 4.90 cm³/mol. The van der Waals surface area contributed by atoms with E-state index in [0.717, 1.165) is 0 Å². The van der Waals surface area contributed by atoms with Gasteiger partial charge in [0.05, 0.1) is 6.16 Å². The van der Waals surface area contributed by atoms with E-state index in [1.54, 1.807) is 0 Å². The molecule has 1 rings (SSSR count). The van der Waals surface area contributed by atoms with Gasteiger partial charge in [0.2, 0.25) is 0 Å². The largest absolute Gasteiger partial charge is 1.00 e. The maximum Gasteiger partial charge on any atom is 1.00 e. The zero-order chi connectivity index (χ0) is 3.91. The van der Waals surface area contributed by atoms with Crippen LogP contribution in [0.15, 0.2) is 0 Å². The average Bonchev–Trinajstić information content (AvgIpc) is 1.76. The Morgan fingerprint density at radius 2 is 1.14 bits per heavy atom. The molecule has 0 amide bonds. The zero-order valence-electron chi connectivity index (χ0n) is 4.13. The fraction of sp³-hybridized carbons (Fsp3) is 1.00. The SMILES string of the molecule is [Na+].[Na+].[O-]C1([O-])OO1. The molecule has 0 aliphatic carbocycles. The Labute approximate surface area is 84.3 Å². The molecule has 1 fully saturated rings. The van der Waals surface area contributed by atoms with Crippen LogP contribution in [0.25, 0.3) is 0 Å². The van der Waals surface area contributed by atoms with Crippen LogP contribution in [0.5, 0.6) is 0 Å². The summed E-state index contributed by atoms with van der Waals surface area (Å²) in [5.41, 5.74) is 0. The van der Waals surface area contributed by atoms with Gasteiger partial charge in [-0.2, -0.15) is 0 Å². The van der Waals surface area contributed by atoms with Gasteiger partial charge in [-0.05, 0) is 0 Å². The van der Waals surface area contributed by atoms with E-state index >= 15 is 0 Å². The Morgan fingerprint density at radius 1 is 1.00 bits per heavy atom. The number of hydrogen-bond donors (Lipinski definition) is 0. The molecule has 6 heteroatoms. The summed E-state index contributed by atoms with van der Waals surface area (Å²) in [4.78, 5) is 6.57. The zero-order valence-corrected chi connectivity index (χ0v) is 8.13. The fourth-order valence-corrected chi connectivity index (χ4v) is 0.0340. The van der Waals surface area contributed by atoms with Crippen LogP contribution in [-0.2, 0) is 9.78 Å². The third kappa shape index (κ3) is 5.72. The van der Waals surface area contributed by atoms with Gasteiger partial charge in [-0.25, -0.2) is 9.78 Å². The summed E-state index contributed by atoms with van der Waals surface area (Å²) in [7, 11) is 0. The van der Waals surface area contributed by atoms with Crippen LogP contribution in [0, 0.1) is 0 Å². The molecule has 0 saturated carbocycles. The molecule has 0 bridgehead atoms. The van der Waals surface area contributed by atoms with Gasteiger partial charge in [0, 0.05) is 0 Å². The van der Waals surface area contributed by atoms with Gasteiger partial charge < -0.3 is 10.2 Å². The molecular formula is CNa2O4. The van der Waals surface area contributed by atoms with Crippen LogP contribution in [0.3, 0.4) is 0 Å². The van der Waals surface area contributed by atoms with Gasteiger partial charge in [0.25, 0.3) is 0 Å². The monoisotopic (exact) mass is 122 g/mol. The van der Waals surface area contributed by atoms with Crippen molar-refractivity contribution in [2.75, 3.05) is 0 Å². The smallest absolute Gasteiger partial charge is 0.815 e. The van der Waals surface area contributed by atoms with Crippen LogP contribution < -0.4 is 69.3 Å². The van der Waals surface area contributed by atoms with E-state index in [9.17, 15) is 10.2 Å². The van der Waals surface area contributed by atoms with Crippen LogP contribution in [0.1, 0.15) is 0 Å². The molecule has 0 radical (unpaired) electrons. The molecule has 0 aromatic rings. The van der Waals surface area contributed by atoms with Gasteiger partial charge in [0.1, 0.15) is 0 Å². The summed E-state index contributed by atoms with van der Waals surface area (Å²) in [6.45, 7) is 0. The Balaban J connectivity index is 0. The Hall–Kier alpha value is 1.84. The molecule has 0 N–H and O–H groups in total. The maximum absolute atomic E-state index is 9.22. The third-order valence-corrected chi connectivity index (χ3v) is 0.219. The second-order valence-electron chi connectivity index (χ2n) is 0.667. The van der Waals surface area contributed by atoms with E-state index in [4.69, 9.17) is 0 Å². The van der Waals surface area contributed by atoms with Crippen LogP contribution in [0.4, 0.5) is 0 Å². The minimum Gasteiger partial charge on any atom is -0.815 e. The van der Waals surface area contributed by atoms with Crippen molar-refractivity contribution in [2.45, 2.75) is 6.16 Å². The first-order chi connectivity index (χ1) is 2.21. The molecule has 0 spiro atoms. The molecule has 0 aromatic heterocycles. The average molecular weight is 122 g/mol. The molecule has 0 aromatic carbocycles. The Bertz CT molecular complexity index is 47.7. The summed E-state index contributed by atoms with van der Waals surface area (Å²) < 4.78 is 0. The van der Waals surface area contributed by atoms with E-state index in [-0.39, 0.29) is 59.1 Å². The molecule has 1 heterocycles. The van der Waals surface area contributed by atoms with E-state index in [1.807, 2.05) is 0 Å². The summed E-state index contributed by atoms with van der Waals surface area (Å²) in [5.74, 6) is 0. The van der Waals surface area contributed by atoms with Crippen molar-refractivity contribution in [3.05, 3.63) is 0 Å². The normalized spacial score (nSPS) is 21.4. The number of rotatable bonds is 0. The van der Waals surface area contributed by atoms with E-state index in [1.165, 1.54) is 0 Å². The fourth-order valence-electron chi connectivity index (χ4n) is 0.0340. The quantitative estimate of drug-likeness (QED) is 0.138. The van der Waals surface area contributed by atoms with Crippen molar-refractivity contribution in [1.82, 2.24) is 0 Å². The van der Waals surface area contributed by atoms with Crippen molar-refractivity contribution >= 4 is 0 Å². The Kier molecular flexibility index (Phi) is 6.29. The van der Waals surface area contributed by atoms with E-state index in [2.05, 4.69) is 9.78 Å². The predicted octanol–water partition coefficient (Wildman–Crippen LogP) is -8.71. The van der Waals surface area contributed by atoms with Gasteiger partial charge >= 0.3 is 59.1 Å². The summed E-state index contributed by atoms with van der Waals surface area (Å²) in [6.07, 6.45) is -2.75. The third-order valence-electron chi connectivity index (χ3n) is 0.219. The molecule has 7 heavy (non-hydrogen) atoms. The molecule has 1 aliphatic heterocycles. The van der Waals surface area contributed by atoms with Crippen molar-refractivity contribution in [3.63, 3.8) is 0 Å². The second-order valence-corrected chi connectivity index (χ2v) is 0.667. The number of hydrogen-bond acceptors (Lipinski definition) is 4. The van der Waals surface area contributed by atoms with Crippen molar-refractivity contribution in [2.24, 2.45) is 0 Å². The molecule has 1 saturated heterocycles. The minimum atomic E-state index is -2.75. The topological polar surface area (TPSA) is 71.2 Å². The van der Waals surface area contributed by atoms with E-state index < -0.39 is 6.16 Å². The van der Waals surface area contributed by atoms with Crippen molar-refractivity contribution < 1.29 is 79.1 Å². The maximum atomic E-state index is 9.22. The molecule has 4 nitrogen and oxygen atoms in total. The molecule has 30 valence electrons. The van der Waals surface area contributed by atoms with Crippen LogP contribution >= 0.6 is 0 Å². The first-order valence-electron chi connectivity index (χ1n) is 0.983. The van der Waals surface area contributed by atoms with Gasteiger partial charge in [-0.3, -0.25) is 0 Å². The van der Waals surface area contributed by atoms with Crippen molar-refractivity contribution in [3.8, 4) is 0 Å². The summed E-state index contributed by atoms with van der Waals surface area (Å²) in [6, 6.07) is 0. The van der Waals surface area contributed by atoms with Gasteiger partial charge in [0.15, 0.2) is 0 Å². The summed E-state index contributed by atoms with van der Waals surface area (Å²) >= 11 is 0. The second kappa shape index (κ2) is 3.79. The van der Waals surface area contributed by atoms with Crippen molar-refractivity contribution in [1.29, 1.82) is 0 Å². The van der Waals surface area contributed by atoms with Crippen LogP contribution in [-0.4, -0.2) is 6.16 Å². The van der Waals surface area contributed by atoms with Crippen LogP contribution in [0.2, 0.25) is 0 Å². The molecule has 0 atom stereocenters. The Morgan fingerprint density at radius 3 is 1.14 bits per heavy atom. The first-order valence-corrected chi connectivity index (χ1v) is 0.983. The van der Waals surface area contributed by atoms with Gasteiger partial charge in [-0.15, -0.1) is 0 Å².